The van der Waals surface area contributed by atoms with Gasteiger partial charge in [-0.2, -0.15) is 4.31 Å². The summed E-state index contributed by atoms with van der Waals surface area (Å²) in [7, 11) is -2.49. The molecule has 0 aliphatic heterocycles. The normalized spacial score (nSPS) is 12.8. The van der Waals surface area contributed by atoms with Crippen molar-refractivity contribution in [1.29, 1.82) is 0 Å². The Bertz CT molecular complexity index is 787. The number of hydrogen-bond donors (Lipinski definition) is 1. The Morgan fingerprint density at radius 2 is 1.71 bits per heavy atom. The molecule has 0 heterocycles. The summed E-state index contributed by atoms with van der Waals surface area (Å²) in [5.41, 5.74) is 0.711. The molecule has 0 fully saturated rings. The molecule has 0 aromatic heterocycles. The van der Waals surface area contributed by atoms with Gasteiger partial charge in [0.15, 0.2) is 0 Å². The van der Waals surface area contributed by atoms with E-state index in [0.717, 1.165) is 4.31 Å². The van der Waals surface area contributed by atoms with E-state index in [1.165, 1.54) is 38.3 Å². The molecule has 0 aliphatic rings. The van der Waals surface area contributed by atoms with Crippen LogP contribution in [-0.2, 0) is 21.4 Å². The van der Waals surface area contributed by atoms with Crippen molar-refractivity contribution in [3.8, 4) is 5.75 Å². The van der Waals surface area contributed by atoms with Crippen molar-refractivity contribution in [2.75, 3.05) is 7.11 Å². The van der Waals surface area contributed by atoms with Gasteiger partial charge >= 0.3 is 5.97 Å². The van der Waals surface area contributed by atoms with Crippen LogP contribution in [0.2, 0.25) is 0 Å². The maximum Gasteiger partial charge on any atom is 0.321 e. The Morgan fingerprint density at radius 1 is 1.12 bits per heavy atom. The lowest BCUT2D eigenvalue weighted by molar-refractivity contribution is -0.141. The fourth-order valence-corrected chi connectivity index (χ4v) is 3.78. The highest BCUT2D eigenvalue weighted by molar-refractivity contribution is 7.89. The molecule has 0 aliphatic carbocycles. The Hall–Kier alpha value is -2.38. The number of carboxylic acid groups (broad SMARTS) is 1. The number of carboxylic acids is 1. The smallest absolute Gasteiger partial charge is 0.321 e. The van der Waals surface area contributed by atoms with Crippen molar-refractivity contribution in [3.05, 3.63) is 60.2 Å². The maximum absolute atomic E-state index is 12.9. The number of sulfonamides is 1. The molecule has 0 radical (unpaired) electrons. The summed E-state index contributed by atoms with van der Waals surface area (Å²) >= 11 is 0. The first kappa shape index (κ1) is 18.0. The van der Waals surface area contributed by atoms with Crippen LogP contribution in [0.3, 0.4) is 0 Å². The number of hydrogen-bond acceptors (Lipinski definition) is 4. The van der Waals surface area contributed by atoms with Gasteiger partial charge in [0, 0.05) is 6.54 Å². The molecular weight excluding hydrogens is 330 g/mol. The molecule has 0 amide bonds. The summed E-state index contributed by atoms with van der Waals surface area (Å²) in [6, 6.07) is 13.5. The maximum atomic E-state index is 12.9. The number of methoxy groups -OCH3 is 1. The standard InChI is InChI=1S/C17H19NO5S/c1-13(17(19)20)18(12-14-6-4-3-5-7-14)24(21,22)16-10-8-15(23-2)9-11-16/h3-11,13H,12H2,1-2H3,(H,19,20). The summed E-state index contributed by atoms with van der Waals surface area (Å²) < 4.78 is 31.8. The van der Waals surface area contributed by atoms with Crippen LogP contribution >= 0.6 is 0 Å². The average molecular weight is 349 g/mol. The van der Waals surface area contributed by atoms with E-state index >= 15 is 0 Å². The number of carbonyl (C=O) groups is 1. The van der Waals surface area contributed by atoms with Crippen molar-refractivity contribution in [2.45, 2.75) is 24.4 Å². The third kappa shape index (κ3) is 3.93. The Morgan fingerprint density at radius 3 is 2.21 bits per heavy atom. The number of aliphatic carboxylic acids is 1. The van der Waals surface area contributed by atoms with Crippen LogP contribution in [0.15, 0.2) is 59.5 Å². The van der Waals surface area contributed by atoms with E-state index in [-0.39, 0.29) is 11.4 Å². The van der Waals surface area contributed by atoms with Gasteiger partial charge in [-0.05, 0) is 36.8 Å². The average Bonchev–Trinajstić information content (AvgIpc) is 2.59. The second kappa shape index (κ2) is 7.46. The second-order valence-electron chi connectivity index (χ2n) is 5.23. The number of ether oxygens (including phenoxy) is 1. The fourth-order valence-electron chi connectivity index (χ4n) is 2.20. The summed E-state index contributed by atoms with van der Waals surface area (Å²) in [4.78, 5) is 11.4. The minimum absolute atomic E-state index is 0.0207. The summed E-state index contributed by atoms with van der Waals surface area (Å²) in [6.07, 6.45) is 0. The quantitative estimate of drug-likeness (QED) is 0.829. The molecule has 2 aromatic rings. The van der Waals surface area contributed by atoms with E-state index in [2.05, 4.69) is 0 Å². The van der Waals surface area contributed by atoms with Gasteiger partial charge in [-0.3, -0.25) is 4.79 Å². The molecule has 24 heavy (non-hydrogen) atoms. The molecule has 7 heteroatoms. The molecule has 0 saturated heterocycles. The molecule has 0 bridgehead atoms. The van der Waals surface area contributed by atoms with Crippen LogP contribution in [0.1, 0.15) is 12.5 Å². The molecule has 128 valence electrons. The van der Waals surface area contributed by atoms with E-state index < -0.39 is 22.0 Å². The van der Waals surface area contributed by atoms with Crippen LogP contribution in [0, 0.1) is 0 Å². The van der Waals surface area contributed by atoms with E-state index in [1.54, 1.807) is 24.3 Å². The molecule has 1 unspecified atom stereocenters. The highest BCUT2D eigenvalue weighted by atomic mass is 32.2. The molecule has 0 saturated carbocycles. The van der Waals surface area contributed by atoms with Crippen LogP contribution in [0.5, 0.6) is 5.75 Å². The highest BCUT2D eigenvalue weighted by Crippen LogP contribution is 2.23. The van der Waals surface area contributed by atoms with Crippen molar-refractivity contribution < 1.29 is 23.1 Å². The van der Waals surface area contributed by atoms with Crippen molar-refractivity contribution in [2.24, 2.45) is 0 Å². The van der Waals surface area contributed by atoms with Gasteiger partial charge in [0.25, 0.3) is 0 Å². The first-order chi connectivity index (χ1) is 11.4. The van der Waals surface area contributed by atoms with Crippen LogP contribution in [0.4, 0.5) is 0 Å². The molecule has 0 spiro atoms. The first-order valence-electron chi connectivity index (χ1n) is 7.29. The fraction of sp³-hybridized carbons (Fsp3) is 0.235. The summed E-state index contributed by atoms with van der Waals surface area (Å²) in [5, 5.41) is 9.30. The molecule has 2 rings (SSSR count). The van der Waals surface area contributed by atoms with Crippen LogP contribution < -0.4 is 4.74 Å². The van der Waals surface area contributed by atoms with Crippen molar-refractivity contribution >= 4 is 16.0 Å². The van der Waals surface area contributed by atoms with Crippen molar-refractivity contribution in [1.82, 2.24) is 4.31 Å². The SMILES string of the molecule is COc1ccc(S(=O)(=O)N(Cc2ccccc2)C(C)C(=O)O)cc1. The van der Waals surface area contributed by atoms with E-state index in [1.807, 2.05) is 6.07 Å². The molecule has 6 nitrogen and oxygen atoms in total. The lowest BCUT2D eigenvalue weighted by Crippen LogP contribution is -2.42. The molecule has 1 atom stereocenters. The van der Waals surface area contributed by atoms with Crippen LogP contribution in [-0.4, -0.2) is 37.0 Å². The minimum atomic E-state index is -3.97. The van der Waals surface area contributed by atoms with Gasteiger partial charge in [-0.1, -0.05) is 30.3 Å². The van der Waals surface area contributed by atoms with Crippen molar-refractivity contribution in [3.63, 3.8) is 0 Å². The van der Waals surface area contributed by atoms with Gasteiger partial charge in [-0.25, -0.2) is 8.42 Å². The number of nitrogens with zero attached hydrogens (tertiary/aromatic N) is 1. The lowest BCUT2D eigenvalue weighted by atomic mass is 10.2. The monoisotopic (exact) mass is 349 g/mol. The minimum Gasteiger partial charge on any atom is -0.497 e. The zero-order chi connectivity index (χ0) is 17.7. The zero-order valence-electron chi connectivity index (χ0n) is 13.4. The van der Waals surface area contributed by atoms with E-state index in [0.29, 0.717) is 11.3 Å². The largest absolute Gasteiger partial charge is 0.497 e. The topological polar surface area (TPSA) is 83.9 Å². The van der Waals surface area contributed by atoms with Gasteiger partial charge in [0.05, 0.1) is 12.0 Å². The number of benzene rings is 2. The summed E-state index contributed by atoms with van der Waals surface area (Å²) in [5.74, 6) is -0.683. The third-order valence-corrected chi connectivity index (χ3v) is 5.57. The highest BCUT2D eigenvalue weighted by Gasteiger charge is 2.33. The zero-order valence-corrected chi connectivity index (χ0v) is 14.2. The molecule has 2 aromatic carbocycles. The Balaban J connectivity index is 2.42. The van der Waals surface area contributed by atoms with Gasteiger partial charge < -0.3 is 9.84 Å². The Labute approximate surface area is 141 Å². The predicted molar refractivity (Wildman–Crippen MR) is 89.3 cm³/mol. The first-order valence-corrected chi connectivity index (χ1v) is 8.73. The second-order valence-corrected chi connectivity index (χ2v) is 7.12. The Kier molecular flexibility index (Phi) is 5.58. The van der Waals surface area contributed by atoms with Gasteiger partial charge in [0.2, 0.25) is 10.0 Å². The predicted octanol–water partition coefficient (Wildman–Crippen LogP) is 2.36. The lowest BCUT2D eigenvalue weighted by Gasteiger charge is -2.26. The third-order valence-electron chi connectivity index (χ3n) is 3.64. The number of rotatable bonds is 7. The van der Waals surface area contributed by atoms with Crippen LogP contribution in [0.25, 0.3) is 0 Å². The summed E-state index contributed by atoms with van der Waals surface area (Å²) in [6.45, 7) is 1.33. The molecular formula is C17H19NO5S. The van der Waals surface area contributed by atoms with E-state index in [4.69, 9.17) is 4.74 Å². The molecule has 1 N–H and O–H groups in total. The van der Waals surface area contributed by atoms with Gasteiger partial charge in [-0.15, -0.1) is 0 Å². The van der Waals surface area contributed by atoms with Gasteiger partial charge in [0.1, 0.15) is 11.8 Å². The van der Waals surface area contributed by atoms with E-state index in [9.17, 15) is 18.3 Å².